The van der Waals surface area contributed by atoms with Gasteiger partial charge in [0.2, 0.25) is 0 Å². The molecule has 28 heavy (non-hydrogen) atoms. The molecule has 144 valence electrons. The summed E-state index contributed by atoms with van der Waals surface area (Å²) in [5.41, 5.74) is 3.49. The highest BCUT2D eigenvalue weighted by atomic mass is 32.2. The predicted octanol–water partition coefficient (Wildman–Crippen LogP) is 3.50. The largest absolute Gasteiger partial charge is 0.490 e. The number of ether oxygens (including phenoxy) is 1. The third-order valence-electron chi connectivity index (χ3n) is 4.82. The molecule has 0 fully saturated rings. The van der Waals surface area contributed by atoms with E-state index in [1.807, 2.05) is 24.0 Å². The number of aromatic nitrogens is 3. The van der Waals surface area contributed by atoms with Gasteiger partial charge in [-0.25, -0.2) is 9.55 Å². The van der Waals surface area contributed by atoms with Gasteiger partial charge in [-0.15, -0.1) is 0 Å². The molecule has 0 aliphatic carbocycles. The number of hydrogen-bond acceptors (Lipinski definition) is 4. The lowest BCUT2D eigenvalue weighted by Gasteiger charge is -2.27. The van der Waals surface area contributed by atoms with Gasteiger partial charge in [-0.3, -0.25) is 0 Å². The zero-order chi connectivity index (χ0) is 19.3. The highest BCUT2D eigenvalue weighted by Crippen LogP contribution is 2.31. The van der Waals surface area contributed by atoms with E-state index in [0.717, 1.165) is 47.6 Å². The fourth-order valence-electron chi connectivity index (χ4n) is 3.13. The Morgan fingerprint density at radius 2 is 1.96 bits per heavy atom. The van der Waals surface area contributed by atoms with Gasteiger partial charge in [-0.1, -0.05) is 30.0 Å². The lowest BCUT2D eigenvalue weighted by molar-refractivity contribution is -0.692. The van der Waals surface area contributed by atoms with Crippen molar-refractivity contribution in [3.8, 4) is 5.75 Å². The van der Waals surface area contributed by atoms with Gasteiger partial charge in [0.15, 0.2) is 24.1 Å². The van der Waals surface area contributed by atoms with E-state index in [1.54, 1.807) is 11.8 Å². The summed E-state index contributed by atoms with van der Waals surface area (Å²) in [6.45, 7) is 2.64. The Labute approximate surface area is 170 Å². The van der Waals surface area contributed by atoms with Crippen molar-refractivity contribution < 1.29 is 9.30 Å². The van der Waals surface area contributed by atoms with Crippen LogP contribution in [0, 0.1) is 0 Å². The molecule has 0 bridgehead atoms. The van der Waals surface area contributed by atoms with E-state index in [4.69, 9.17) is 4.74 Å². The molecule has 0 N–H and O–H groups in total. The number of likely N-dealkylation sites (N-methyl/N-ethyl adjacent to an activating group) is 1. The van der Waals surface area contributed by atoms with Crippen LogP contribution in [0.15, 0.2) is 60.3 Å². The predicted molar refractivity (Wildman–Crippen MR) is 115 cm³/mol. The first-order valence-electron chi connectivity index (χ1n) is 9.44. The zero-order valence-corrected chi connectivity index (χ0v) is 17.1. The first-order valence-corrected chi connectivity index (χ1v) is 10.4. The summed E-state index contributed by atoms with van der Waals surface area (Å²) >= 11 is 1.77. The molecule has 0 saturated heterocycles. The molecule has 3 heterocycles. The topological polar surface area (TPSA) is 34.2 Å². The molecule has 0 radical (unpaired) electrons. The van der Waals surface area contributed by atoms with Crippen molar-refractivity contribution in [3.05, 3.63) is 66.2 Å². The Morgan fingerprint density at radius 3 is 2.75 bits per heavy atom. The maximum Gasteiger partial charge on any atom is 0.169 e. The van der Waals surface area contributed by atoms with Crippen LogP contribution in [0.5, 0.6) is 5.75 Å². The molecule has 6 heteroatoms. The minimum Gasteiger partial charge on any atom is -0.490 e. The standard InChI is InChI=1S/C22H25N4OS/c1-24-13-15-27-21-17-19(5-6-20(21)24)4-3-18-7-10-26(11-8-18)14-16-28-22-23-9-12-25(22)2/h3-12,17H,13-16H2,1-2H3/q+1. The highest BCUT2D eigenvalue weighted by molar-refractivity contribution is 7.99. The molecule has 0 atom stereocenters. The molecule has 5 nitrogen and oxygen atoms in total. The Morgan fingerprint density at radius 1 is 1.14 bits per heavy atom. The molecule has 0 spiro atoms. The van der Waals surface area contributed by atoms with Crippen molar-refractivity contribution in [2.75, 3.05) is 30.9 Å². The second kappa shape index (κ2) is 8.52. The van der Waals surface area contributed by atoms with E-state index in [9.17, 15) is 0 Å². The molecule has 1 aliphatic heterocycles. The van der Waals surface area contributed by atoms with Gasteiger partial charge in [0.1, 0.15) is 12.4 Å². The fraction of sp³-hybridized carbons (Fsp3) is 0.273. The smallest absolute Gasteiger partial charge is 0.169 e. The summed E-state index contributed by atoms with van der Waals surface area (Å²) < 4.78 is 10.0. The lowest BCUT2D eigenvalue weighted by atomic mass is 10.1. The first-order chi connectivity index (χ1) is 13.7. The van der Waals surface area contributed by atoms with Crippen molar-refractivity contribution in [2.45, 2.75) is 11.7 Å². The zero-order valence-electron chi connectivity index (χ0n) is 16.3. The van der Waals surface area contributed by atoms with Gasteiger partial charge in [-0.05, 0) is 23.3 Å². The maximum atomic E-state index is 5.79. The van der Waals surface area contributed by atoms with Crippen molar-refractivity contribution in [2.24, 2.45) is 7.05 Å². The number of rotatable bonds is 6. The summed E-state index contributed by atoms with van der Waals surface area (Å²) in [5, 5.41) is 1.06. The molecule has 1 aromatic carbocycles. The van der Waals surface area contributed by atoms with E-state index in [0.29, 0.717) is 0 Å². The monoisotopic (exact) mass is 393 g/mol. The van der Waals surface area contributed by atoms with Crippen LogP contribution in [-0.2, 0) is 13.6 Å². The van der Waals surface area contributed by atoms with Crippen LogP contribution in [0.25, 0.3) is 12.2 Å². The first kappa shape index (κ1) is 18.6. The molecule has 1 aliphatic rings. The van der Waals surface area contributed by atoms with Gasteiger partial charge in [0.05, 0.1) is 18.0 Å². The third-order valence-corrected chi connectivity index (χ3v) is 5.86. The van der Waals surface area contributed by atoms with E-state index in [1.165, 1.54) is 5.56 Å². The molecule has 4 rings (SSSR count). The van der Waals surface area contributed by atoms with Crippen LogP contribution in [0.2, 0.25) is 0 Å². The van der Waals surface area contributed by atoms with Crippen LogP contribution in [0.1, 0.15) is 11.1 Å². The van der Waals surface area contributed by atoms with E-state index < -0.39 is 0 Å². The second-order valence-corrected chi connectivity index (χ2v) is 7.93. The van der Waals surface area contributed by atoms with E-state index in [2.05, 4.69) is 76.4 Å². The van der Waals surface area contributed by atoms with Crippen LogP contribution < -0.4 is 14.2 Å². The highest BCUT2D eigenvalue weighted by Gasteiger charge is 2.14. The van der Waals surface area contributed by atoms with Crippen molar-refractivity contribution in [1.82, 2.24) is 9.55 Å². The maximum absolute atomic E-state index is 5.79. The minimum absolute atomic E-state index is 0.744. The normalized spacial score (nSPS) is 13.6. The average molecular weight is 394 g/mol. The number of pyridine rings is 1. The lowest BCUT2D eigenvalue weighted by Crippen LogP contribution is -2.33. The third kappa shape index (κ3) is 4.39. The minimum atomic E-state index is 0.744. The van der Waals surface area contributed by atoms with Crippen molar-refractivity contribution in [1.29, 1.82) is 0 Å². The number of nitrogens with zero attached hydrogens (tertiary/aromatic N) is 4. The van der Waals surface area contributed by atoms with Gasteiger partial charge in [0, 0.05) is 38.6 Å². The Bertz CT molecular complexity index is 965. The summed E-state index contributed by atoms with van der Waals surface area (Å²) in [4.78, 5) is 6.57. The molecule has 0 unspecified atom stereocenters. The van der Waals surface area contributed by atoms with Crippen LogP contribution in [-0.4, -0.2) is 35.5 Å². The summed E-state index contributed by atoms with van der Waals surface area (Å²) in [7, 11) is 4.13. The molecular weight excluding hydrogens is 368 g/mol. The summed E-state index contributed by atoms with van der Waals surface area (Å²) in [5.74, 6) is 1.96. The molecule has 0 amide bonds. The summed E-state index contributed by atoms with van der Waals surface area (Å²) in [6, 6.07) is 10.7. The number of benzene rings is 1. The van der Waals surface area contributed by atoms with Crippen LogP contribution in [0.4, 0.5) is 5.69 Å². The fourth-order valence-corrected chi connectivity index (χ4v) is 4.02. The van der Waals surface area contributed by atoms with Crippen LogP contribution >= 0.6 is 11.8 Å². The number of aryl methyl sites for hydroxylation is 2. The van der Waals surface area contributed by atoms with Gasteiger partial charge in [-0.2, -0.15) is 0 Å². The molecule has 2 aromatic heterocycles. The number of fused-ring (bicyclic) bond motifs is 1. The van der Waals surface area contributed by atoms with Crippen molar-refractivity contribution in [3.63, 3.8) is 0 Å². The van der Waals surface area contributed by atoms with Gasteiger partial charge >= 0.3 is 0 Å². The quantitative estimate of drug-likeness (QED) is 0.474. The van der Waals surface area contributed by atoms with E-state index in [-0.39, 0.29) is 0 Å². The Kier molecular flexibility index (Phi) is 5.67. The van der Waals surface area contributed by atoms with Gasteiger partial charge < -0.3 is 14.2 Å². The SMILES string of the molecule is CN1CCOc2cc(/C=C/c3cc[n+](CCSc4nccn4C)cc3)ccc21. The second-order valence-electron chi connectivity index (χ2n) is 6.87. The van der Waals surface area contributed by atoms with Crippen LogP contribution in [0.3, 0.4) is 0 Å². The van der Waals surface area contributed by atoms with Crippen molar-refractivity contribution >= 4 is 29.6 Å². The number of imidazole rings is 1. The Hall–Kier alpha value is -2.73. The number of hydrogen-bond donors (Lipinski definition) is 0. The average Bonchev–Trinajstić information content (AvgIpc) is 3.12. The van der Waals surface area contributed by atoms with Gasteiger partial charge in [0.25, 0.3) is 0 Å². The number of thioether (sulfide) groups is 1. The summed E-state index contributed by atoms with van der Waals surface area (Å²) in [6.07, 6.45) is 12.3. The molecule has 3 aromatic rings. The molecular formula is C22H25N4OS+. The Balaban J connectivity index is 1.34. The number of anilines is 1. The van der Waals surface area contributed by atoms with E-state index >= 15 is 0 Å². The molecule has 0 saturated carbocycles.